The van der Waals surface area contributed by atoms with E-state index in [0.717, 1.165) is 18.5 Å². The van der Waals surface area contributed by atoms with Crippen molar-refractivity contribution in [2.45, 2.75) is 116 Å². The van der Waals surface area contributed by atoms with E-state index < -0.39 is 53.0 Å². The van der Waals surface area contributed by atoms with Crippen LogP contribution in [-0.2, 0) is 23.9 Å². The topological polar surface area (TPSA) is 179 Å². The number of thiazole rings is 1. The monoisotopic (exact) mass is 839 g/mol. The highest BCUT2D eigenvalue weighted by molar-refractivity contribution is 7.13. The fraction of sp³-hybridized carbons (Fsp3) is 0.619. The van der Waals surface area contributed by atoms with Crippen molar-refractivity contribution in [1.82, 2.24) is 25.5 Å². The van der Waals surface area contributed by atoms with Crippen LogP contribution in [-0.4, -0.2) is 101 Å². The van der Waals surface area contributed by atoms with Gasteiger partial charge in [-0.25, -0.2) is 19.6 Å². The van der Waals surface area contributed by atoms with E-state index in [4.69, 9.17) is 40.5 Å². The number of carboxylic acid groups (broad SMARTS) is 1. The Morgan fingerprint density at radius 2 is 1.79 bits per heavy atom. The molecule has 3 aromatic rings. The summed E-state index contributed by atoms with van der Waals surface area (Å²) in [5.74, 6) is -0.212. The minimum absolute atomic E-state index is 0.0245. The summed E-state index contributed by atoms with van der Waals surface area (Å²) in [6, 6.07) is 3.15. The number of amides is 3. The van der Waals surface area contributed by atoms with Crippen molar-refractivity contribution in [2.24, 2.45) is 23.2 Å². The lowest BCUT2D eigenvalue weighted by Gasteiger charge is -2.35. The predicted molar refractivity (Wildman–Crippen MR) is 218 cm³/mol. The van der Waals surface area contributed by atoms with Gasteiger partial charge in [0.15, 0.2) is 0 Å². The minimum Gasteiger partial charge on any atom is -0.490 e. The molecule has 0 bridgehead atoms. The Kier molecular flexibility index (Phi) is 11.9. The lowest BCUT2D eigenvalue weighted by molar-refractivity contribution is -0.146. The molecule has 3 heterocycles. The molecule has 8 atom stereocenters. The molecule has 3 saturated carbocycles. The summed E-state index contributed by atoms with van der Waals surface area (Å²) in [5, 5.41) is 19.3. The van der Waals surface area contributed by atoms with E-state index >= 15 is 0 Å². The van der Waals surface area contributed by atoms with Gasteiger partial charge in [-0.1, -0.05) is 59.6 Å². The highest BCUT2D eigenvalue weighted by Crippen LogP contribution is 2.52. The molecule has 1 aliphatic heterocycles. The first-order valence-electron chi connectivity index (χ1n) is 20.2. The zero-order valence-corrected chi connectivity index (χ0v) is 35.7. The number of carbonyl (C=O) groups excluding carboxylic acids is 3. The van der Waals surface area contributed by atoms with Crippen LogP contribution in [0.3, 0.4) is 0 Å². The van der Waals surface area contributed by atoms with Crippen LogP contribution in [0.15, 0.2) is 23.6 Å². The second-order valence-electron chi connectivity index (χ2n) is 17.6. The largest absolute Gasteiger partial charge is 0.490 e. The number of pyridine rings is 1. The maximum Gasteiger partial charge on any atom is 0.408 e. The van der Waals surface area contributed by atoms with Gasteiger partial charge in [-0.2, -0.15) is 0 Å². The first-order valence-corrected chi connectivity index (χ1v) is 21.5. The normalized spacial score (nSPS) is 26.6. The van der Waals surface area contributed by atoms with Gasteiger partial charge < -0.3 is 39.6 Å². The van der Waals surface area contributed by atoms with Gasteiger partial charge in [-0.15, -0.1) is 11.3 Å². The van der Waals surface area contributed by atoms with Crippen molar-refractivity contribution in [3.8, 4) is 22.2 Å². The highest BCUT2D eigenvalue weighted by atomic mass is 35.5. The third-order valence-electron chi connectivity index (χ3n) is 12.0. The maximum atomic E-state index is 14.7. The molecule has 3 amide bonds. The number of aromatic nitrogens is 2. The van der Waals surface area contributed by atoms with Gasteiger partial charge >= 0.3 is 12.1 Å². The lowest BCUT2D eigenvalue weighted by Crippen LogP contribution is -2.59. The number of hydrogen-bond acceptors (Lipinski definition) is 11. The Bertz CT molecular complexity index is 2060. The number of carboxylic acids is 1. The second kappa shape index (κ2) is 16.4. The third kappa shape index (κ3) is 8.58. The molecule has 314 valence electrons. The molecule has 0 radical (unpaired) electrons. The summed E-state index contributed by atoms with van der Waals surface area (Å²) in [4.78, 5) is 65.9. The predicted octanol–water partition coefficient (Wildman–Crippen LogP) is 6.82. The van der Waals surface area contributed by atoms with Crippen LogP contribution in [0.5, 0.6) is 11.5 Å². The van der Waals surface area contributed by atoms with Crippen molar-refractivity contribution < 1.29 is 43.2 Å². The van der Waals surface area contributed by atoms with Crippen molar-refractivity contribution in [2.75, 3.05) is 26.9 Å². The molecule has 2 aromatic heterocycles. The Hall–Kier alpha value is -4.21. The van der Waals surface area contributed by atoms with Crippen LogP contribution in [0.25, 0.3) is 21.6 Å². The van der Waals surface area contributed by atoms with E-state index in [1.807, 2.05) is 33.1 Å². The second-order valence-corrected chi connectivity index (χ2v) is 18.8. The summed E-state index contributed by atoms with van der Waals surface area (Å²) in [6.45, 7) is 12.1. The molecule has 14 nitrogen and oxygen atoms in total. The minimum atomic E-state index is -1.41. The summed E-state index contributed by atoms with van der Waals surface area (Å²) < 4.78 is 23.6. The Balaban J connectivity index is 1.21. The van der Waals surface area contributed by atoms with Gasteiger partial charge in [0.1, 0.15) is 63.7 Å². The molecule has 0 spiro atoms. The number of nitrogens with one attached hydrogen (secondary N) is 2. The van der Waals surface area contributed by atoms with Gasteiger partial charge in [0.05, 0.1) is 24.4 Å². The van der Waals surface area contributed by atoms with E-state index in [1.54, 1.807) is 25.3 Å². The molecular weight excluding hydrogens is 786 g/mol. The summed E-state index contributed by atoms with van der Waals surface area (Å²) in [5.41, 5.74) is -0.335. The lowest BCUT2D eigenvalue weighted by atomic mass is 9.85. The van der Waals surface area contributed by atoms with Crippen LogP contribution in [0.1, 0.15) is 91.7 Å². The smallest absolute Gasteiger partial charge is 0.408 e. The number of fused-ring (bicyclic) bond motifs is 2. The molecule has 16 heteroatoms. The Morgan fingerprint density at radius 3 is 2.41 bits per heavy atom. The number of benzene rings is 1. The molecule has 4 aliphatic rings. The average Bonchev–Trinajstić information content (AvgIpc) is 3.81. The quantitative estimate of drug-likeness (QED) is 0.137. The molecule has 1 saturated heterocycles. The van der Waals surface area contributed by atoms with Gasteiger partial charge in [-0.3, -0.25) is 9.59 Å². The van der Waals surface area contributed by atoms with E-state index in [9.17, 15) is 24.3 Å². The summed E-state index contributed by atoms with van der Waals surface area (Å²) >= 11 is 8.40. The van der Waals surface area contributed by atoms with Gasteiger partial charge in [0.25, 0.3) is 0 Å². The first kappa shape index (κ1) is 41.9. The number of halogens is 1. The standard InChI is InChI=1S/C42H54ClN5O9S/c1-8-24-18-42(24,39(51)52)47-36(49)30-16-26(19-48(30)38(50)35(41(4,5)6)46-40(53)57-25-14-22-13-23(22)15-25)56-32-17-28(37-45-29(20-58-37)21(2)3)44-34-27(32)9-10-31(33(34)43)55-12-11-54-7/h9-10,17,20-26,30,35H,8,11-16,18-19H2,1-7H3,(H,46,53)(H,47,49)(H,51,52)/t22-,23+,24-,25?,26-,30+,35-,42-/m1/s1. The van der Waals surface area contributed by atoms with E-state index in [1.165, 1.54) is 22.7 Å². The van der Waals surface area contributed by atoms with Crippen LogP contribution >= 0.6 is 22.9 Å². The number of methoxy groups -OCH3 is 1. The average molecular weight is 840 g/mol. The number of aliphatic carboxylic acids is 1. The van der Waals surface area contributed by atoms with Crippen molar-refractivity contribution >= 4 is 57.7 Å². The first-order chi connectivity index (χ1) is 27.5. The third-order valence-corrected chi connectivity index (χ3v) is 13.3. The molecular formula is C42H54ClN5O9S. The van der Waals surface area contributed by atoms with Crippen molar-refractivity contribution in [3.63, 3.8) is 0 Å². The number of carbonyl (C=O) groups is 4. The molecule has 3 aliphatic carbocycles. The number of likely N-dealkylation sites (tertiary alicyclic amines) is 1. The fourth-order valence-electron chi connectivity index (χ4n) is 8.45. The maximum absolute atomic E-state index is 14.7. The zero-order chi connectivity index (χ0) is 41.7. The van der Waals surface area contributed by atoms with Crippen molar-refractivity contribution in [3.05, 3.63) is 34.3 Å². The molecule has 1 unspecified atom stereocenters. The summed E-state index contributed by atoms with van der Waals surface area (Å²) in [7, 11) is 1.58. The fourth-order valence-corrected chi connectivity index (χ4v) is 9.66. The Labute approximate surface area is 347 Å². The van der Waals surface area contributed by atoms with Gasteiger partial charge in [0, 0.05) is 30.4 Å². The number of alkyl carbamates (subject to hydrolysis) is 1. The van der Waals surface area contributed by atoms with E-state index in [-0.39, 0.29) is 42.5 Å². The van der Waals surface area contributed by atoms with Crippen molar-refractivity contribution in [1.29, 1.82) is 0 Å². The molecule has 3 N–H and O–H groups in total. The van der Waals surface area contributed by atoms with Crippen LogP contribution in [0.4, 0.5) is 4.79 Å². The molecule has 1 aromatic carbocycles. The Morgan fingerprint density at radius 1 is 1.05 bits per heavy atom. The van der Waals surface area contributed by atoms with Gasteiger partial charge in [-0.05, 0) is 66.9 Å². The van der Waals surface area contributed by atoms with Crippen LogP contribution < -0.4 is 20.1 Å². The van der Waals surface area contributed by atoms with E-state index in [2.05, 4.69) is 24.5 Å². The SMILES string of the molecule is CC[C@@H]1C[C@]1(NC(=O)[C@@H]1C[C@@H](Oc2cc(-c3nc(C(C)C)cs3)nc3c(Cl)c(OCCOC)ccc23)CN1C(=O)[C@@H](NC(=O)OC1C[C@@H]2C[C@@H]2C1)C(C)(C)C)C(=O)O. The highest BCUT2D eigenvalue weighted by Gasteiger charge is 2.61. The molecule has 7 rings (SSSR count). The zero-order valence-electron chi connectivity index (χ0n) is 34.1. The number of hydrogen-bond donors (Lipinski definition) is 3. The number of rotatable bonds is 15. The summed E-state index contributed by atoms with van der Waals surface area (Å²) in [6.07, 6.45) is 2.14. The number of nitrogens with zero attached hydrogens (tertiary/aromatic N) is 3. The van der Waals surface area contributed by atoms with E-state index in [0.29, 0.717) is 64.4 Å². The molecule has 4 fully saturated rings. The van der Waals surface area contributed by atoms with Crippen LogP contribution in [0, 0.1) is 23.2 Å². The van der Waals surface area contributed by atoms with Crippen LogP contribution in [0.2, 0.25) is 5.02 Å². The van der Waals surface area contributed by atoms with Gasteiger partial charge in [0.2, 0.25) is 11.8 Å². The number of ether oxygens (including phenoxy) is 4. The molecule has 58 heavy (non-hydrogen) atoms.